The molecule has 25 heavy (non-hydrogen) atoms. The number of rotatable bonds is 8. The first kappa shape index (κ1) is 19.9. The van der Waals surface area contributed by atoms with Gasteiger partial charge in [-0.1, -0.05) is 36.4 Å². The number of hydrogen-bond donors (Lipinski definition) is 0. The SMILES string of the molecule is CCOC(=O)C1=CC(C)N(P(=O)(OCC)OCC)C1c1ccccc1. The van der Waals surface area contributed by atoms with E-state index in [-0.39, 0.29) is 25.9 Å². The highest BCUT2D eigenvalue weighted by Gasteiger charge is 2.48. The van der Waals surface area contributed by atoms with Crippen LogP contribution in [0.2, 0.25) is 0 Å². The van der Waals surface area contributed by atoms with Crippen LogP contribution in [0.1, 0.15) is 39.3 Å². The predicted octanol–water partition coefficient (Wildman–Crippen LogP) is 4.10. The Bertz CT molecular complexity index is 651. The monoisotopic (exact) mass is 367 g/mol. The minimum absolute atomic E-state index is 0.247. The van der Waals surface area contributed by atoms with E-state index in [0.717, 1.165) is 5.56 Å². The van der Waals surface area contributed by atoms with Crippen molar-refractivity contribution in [2.75, 3.05) is 19.8 Å². The largest absolute Gasteiger partial charge is 0.463 e. The van der Waals surface area contributed by atoms with E-state index >= 15 is 0 Å². The number of carbonyl (C=O) groups excluding carboxylic acids is 1. The van der Waals surface area contributed by atoms with E-state index < -0.39 is 19.8 Å². The molecule has 2 unspecified atom stereocenters. The molecule has 1 aromatic rings. The molecule has 0 saturated carbocycles. The van der Waals surface area contributed by atoms with E-state index in [0.29, 0.717) is 5.57 Å². The summed E-state index contributed by atoms with van der Waals surface area (Å²) in [4.78, 5) is 12.5. The molecule has 1 aliphatic heterocycles. The highest BCUT2D eigenvalue weighted by molar-refractivity contribution is 7.51. The Balaban J connectivity index is 2.51. The quantitative estimate of drug-likeness (QED) is 0.509. The Kier molecular flexibility index (Phi) is 6.96. The van der Waals surface area contributed by atoms with Crippen LogP contribution in [-0.4, -0.2) is 36.5 Å². The molecule has 6 nitrogen and oxygen atoms in total. The van der Waals surface area contributed by atoms with Crippen molar-refractivity contribution in [2.45, 2.75) is 39.8 Å². The molecule has 0 saturated heterocycles. The van der Waals surface area contributed by atoms with Gasteiger partial charge >= 0.3 is 13.7 Å². The summed E-state index contributed by atoms with van der Waals surface area (Å²) in [7, 11) is -3.57. The molecule has 0 fully saturated rings. The summed E-state index contributed by atoms with van der Waals surface area (Å²) < 4.78 is 31.4. The van der Waals surface area contributed by atoms with Gasteiger partial charge in [0, 0.05) is 6.04 Å². The Hall–Kier alpha value is -1.46. The van der Waals surface area contributed by atoms with Gasteiger partial charge in [-0.25, -0.2) is 9.36 Å². The lowest BCUT2D eigenvalue weighted by Gasteiger charge is -2.35. The third-order valence-electron chi connectivity index (χ3n) is 3.89. The van der Waals surface area contributed by atoms with Crippen LogP contribution in [0.15, 0.2) is 42.0 Å². The molecule has 0 radical (unpaired) electrons. The van der Waals surface area contributed by atoms with Crippen LogP contribution in [0.5, 0.6) is 0 Å². The van der Waals surface area contributed by atoms with Gasteiger partial charge in [0.05, 0.1) is 31.4 Å². The summed E-state index contributed by atoms with van der Waals surface area (Å²) >= 11 is 0. The highest BCUT2D eigenvalue weighted by atomic mass is 31.2. The molecule has 138 valence electrons. The van der Waals surface area contributed by atoms with E-state index in [1.54, 1.807) is 31.5 Å². The summed E-state index contributed by atoms with van der Waals surface area (Å²) in [6, 6.07) is 8.60. The second-order valence-corrected chi connectivity index (χ2v) is 7.50. The summed E-state index contributed by atoms with van der Waals surface area (Å²) in [5, 5.41) is 0. The Morgan fingerprint density at radius 1 is 1.08 bits per heavy atom. The molecule has 0 aliphatic carbocycles. The van der Waals surface area contributed by atoms with Crippen molar-refractivity contribution in [3.05, 3.63) is 47.5 Å². The van der Waals surface area contributed by atoms with E-state index in [1.165, 1.54) is 0 Å². The average Bonchev–Trinajstić information content (AvgIpc) is 2.94. The van der Waals surface area contributed by atoms with E-state index in [9.17, 15) is 9.36 Å². The standard InChI is InChI=1S/C18H26NO5P/c1-5-22-18(20)16-13-14(4)19(25(21,23-6-2)24-7-3)17(16)15-11-9-8-10-12-15/h8-14,17H,5-7H2,1-4H3. The molecule has 0 amide bonds. The van der Waals surface area contributed by atoms with Crippen molar-refractivity contribution in [1.29, 1.82) is 0 Å². The van der Waals surface area contributed by atoms with Gasteiger partial charge in [0.2, 0.25) is 0 Å². The number of nitrogens with zero attached hydrogens (tertiary/aromatic N) is 1. The van der Waals surface area contributed by atoms with Gasteiger partial charge in [-0.15, -0.1) is 0 Å². The summed E-state index contributed by atoms with van der Waals surface area (Å²) in [5.41, 5.74) is 1.30. The van der Waals surface area contributed by atoms with Crippen molar-refractivity contribution < 1.29 is 23.1 Å². The molecule has 2 atom stereocenters. The minimum atomic E-state index is -3.57. The molecule has 7 heteroatoms. The van der Waals surface area contributed by atoms with Crippen LogP contribution >= 0.6 is 7.75 Å². The smallest absolute Gasteiger partial charge is 0.409 e. The number of ether oxygens (including phenoxy) is 1. The van der Waals surface area contributed by atoms with Crippen molar-refractivity contribution in [1.82, 2.24) is 4.67 Å². The maximum atomic E-state index is 13.4. The molecular formula is C18H26NO5P. The lowest BCUT2D eigenvalue weighted by Crippen LogP contribution is -2.31. The zero-order valence-corrected chi connectivity index (χ0v) is 16.1. The van der Waals surface area contributed by atoms with Gasteiger partial charge in [0.1, 0.15) is 0 Å². The Morgan fingerprint density at radius 3 is 2.20 bits per heavy atom. The van der Waals surface area contributed by atoms with Crippen molar-refractivity contribution in [2.24, 2.45) is 0 Å². The zero-order chi connectivity index (χ0) is 18.4. The molecule has 0 bridgehead atoms. The molecule has 0 N–H and O–H groups in total. The minimum Gasteiger partial charge on any atom is -0.463 e. The number of carbonyl (C=O) groups is 1. The first-order valence-corrected chi connectivity index (χ1v) is 10.1. The first-order chi connectivity index (χ1) is 12.0. The van der Waals surface area contributed by atoms with Crippen molar-refractivity contribution >= 4 is 13.7 Å². The fourth-order valence-corrected chi connectivity index (χ4v) is 5.08. The van der Waals surface area contributed by atoms with Gasteiger partial charge in [-0.3, -0.25) is 9.05 Å². The van der Waals surface area contributed by atoms with Crippen LogP contribution in [-0.2, 0) is 23.1 Å². The summed E-state index contributed by atoms with van der Waals surface area (Å²) in [6.07, 6.45) is 1.78. The van der Waals surface area contributed by atoms with Crippen molar-refractivity contribution in [3.63, 3.8) is 0 Å². The predicted molar refractivity (Wildman–Crippen MR) is 96.1 cm³/mol. The molecule has 1 aliphatic rings. The Labute approximate surface area is 149 Å². The maximum Gasteiger partial charge on any atom is 0.409 e. The summed E-state index contributed by atoms with van der Waals surface area (Å²) in [5.74, 6) is -0.412. The molecule has 1 aromatic carbocycles. The molecule has 0 spiro atoms. The van der Waals surface area contributed by atoms with Gasteiger partial charge in [-0.05, 0) is 33.3 Å². The number of hydrogen-bond acceptors (Lipinski definition) is 5. The summed E-state index contributed by atoms with van der Waals surface area (Å²) in [6.45, 7) is 7.94. The maximum absolute atomic E-state index is 13.4. The third-order valence-corrected chi connectivity index (χ3v) is 6.22. The molecule has 0 aromatic heterocycles. The second kappa shape index (κ2) is 8.77. The first-order valence-electron chi connectivity index (χ1n) is 8.60. The van der Waals surface area contributed by atoms with Crippen LogP contribution in [0.25, 0.3) is 0 Å². The van der Waals surface area contributed by atoms with Gasteiger partial charge in [-0.2, -0.15) is 4.67 Å². The van der Waals surface area contributed by atoms with E-state index in [4.69, 9.17) is 13.8 Å². The molecule has 2 rings (SSSR count). The van der Waals surface area contributed by atoms with Crippen molar-refractivity contribution in [3.8, 4) is 0 Å². The fraction of sp³-hybridized carbons (Fsp3) is 0.500. The number of esters is 1. The lowest BCUT2D eigenvalue weighted by atomic mass is 10.0. The Morgan fingerprint density at radius 2 is 1.68 bits per heavy atom. The van der Waals surface area contributed by atoms with Gasteiger partial charge < -0.3 is 4.74 Å². The second-order valence-electron chi connectivity index (χ2n) is 5.58. The van der Waals surface area contributed by atoms with Crippen LogP contribution < -0.4 is 0 Å². The zero-order valence-electron chi connectivity index (χ0n) is 15.2. The van der Waals surface area contributed by atoms with Crippen LogP contribution in [0.4, 0.5) is 0 Å². The van der Waals surface area contributed by atoms with Crippen LogP contribution in [0, 0.1) is 0 Å². The third kappa shape index (κ3) is 4.21. The van der Waals surface area contributed by atoms with E-state index in [2.05, 4.69) is 0 Å². The lowest BCUT2D eigenvalue weighted by molar-refractivity contribution is -0.139. The van der Waals surface area contributed by atoms with E-state index in [1.807, 2.05) is 37.3 Å². The number of benzene rings is 1. The highest BCUT2D eigenvalue weighted by Crippen LogP contribution is 2.60. The normalized spacial score (nSPS) is 21.2. The van der Waals surface area contributed by atoms with Gasteiger partial charge in [0.15, 0.2) is 0 Å². The topological polar surface area (TPSA) is 65.1 Å². The molecular weight excluding hydrogens is 341 g/mol. The van der Waals surface area contributed by atoms with Gasteiger partial charge in [0.25, 0.3) is 0 Å². The molecule has 1 heterocycles. The fourth-order valence-electron chi connectivity index (χ4n) is 3.03. The van der Waals surface area contributed by atoms with Crippen LogP contribution in [0.3, 0.4) is 0 Å². The average molecular weight is 367 g/mol.